The largest absolute Gasteiger partial charge is 0.377 e. The minimum atomic E-state index is -0.706. The van der Waals surface area contributed by atoms with Crippen LogP contribution < -0.4 is 9.80 Å². The average Bonchev–Trinajstić information content (AvgIpc) is 3.27. The summed E-state index contributed by atoms with van der Waals surface area (Å²) < 4.78 is 9.92. The molecule has 9 heteroatoms. The third-order valence-corrected chi connectivity index (χ3v) is 6.89. The van der Waals surface area contributed by atoms with Crippen LogP contribution in [0.25, 0.3) is 0 Å². The number of hydrogen-bond donors (Lipinski definition) is 0. The van der Waals surface area contributed by atoms with E-state index in [1.807, 2.05) is 25.1 Å². The summed E-state index contributed by atoms with van der Waals surface area (Å²) in [6.45, 7) is 3.61. The Morgan fingerprint density at radius 1 is 1.31 bits per heavy atom. The zero-order valence-electron chi connectivity index (χ0n) is 16.4. The van der Waals surface area contributed by atoms with Crippen molar-refractivity contribution in [3.63, 3.8) is 0 Å². The number of anilines is 2. The Hall–Kier alpha value is -2.52. The first-order valence-corrected chi connectivity index (χ1v) is 10.6. The lowest BCUT2D eigenvalue weighted by Crippen LogP contribution is -2.68. The molecule has 2 aromatic rings. The number of aromatic nitrogens is 2. The summed E-state index contributed by atoms with van der Waals surface area (Å²) in [5, 5.41) is 4.33. The Morgan fingerprint density at radius 3 is 2.93 bits per heavy atom. The van der Waals surface area contributed by atoms with Gasteiger partial charge in [0.05, 0.1) is 19.4 Å². The average molecular weight is 411 g/mol. The molecule has 0 saturated carbocycles. The number of hydrogen-bond acceptors (Lipinski definition) is 8. The van der Waals surface area contributed by atoms with Gasteiger partial charge >= 0.3 is 0 Å². The number of carbonyl (C=O) groups is 1. The van der Waals surface area contributed by atoms with Gasteiger partial charge in [-0.25, -0.2) is 9.97 Å². The minimum Gasteiger partial charge on any atom is -0.377 e. The summed E-state index contributed by atoms with van der Waals surface area (Å²) in [7, 11) is 1.79. The van der Waals surface area contributed by atoms with Crippen molar-refractivity contribution in [3.8, 4) is 0 Å². The fourth-order valence-corrected chi connectivity index (χ4v) is 5.11. The van der Waals surface area contributed by atoms with E-state index in [1.165, 1.54) is 11.9 Å². The molecular weight excluding hydrogens is 388 g/mol. The van der Waals surface area contributed by atoms with Crippen molar-refractivity contribution < 1.29 is 9.53 Å². The van der Waals surface area contributed by atoms with Crippen molar-refractivity contribution in [2.45, 2.75) is 30.2 Å². The van der Waals surface area contributed by atoms with Gasteiger partial charge in [0.15, 0.2) is 5.82 Å². The number of likely N-dealkylation sites (N-methyl/N-ethyl adjacent to an activating group) is 1. The van der Waals surface area contributed by atoms with Gasteiger partial charge in [-0.05, 0) is 12.0 Å². The van der Waals surface area contributed by atoms with Crippen LogP contribution in [0.1, 0.15) is 36.0 Å². The Labute approximate surface area is 173 Å². The van der Waals surface area contributed by atoms with Gasteiger partial charge in [-0.1, -0.05) is 37.3 Å². The predicted octanol–water partition coefficient (Wildman–Crippen LogP) is 3.33. The molecule has 150 valence electrons. The number of ether oxygens (including phenoxy) is 1. The molecule has 0 bridgehead atoms. The van der Waals surface area contributed by atoms with Crippen LogP contribution in [0.4, 0.5) is 11.5 Å². The van der Waals surface area contributed by atoms with E-state index in [0.29, 0.717) is 32.0 Å². The number of benzene rings is 1. The monoisotopic (exact) mass is 410 g/mol. The summed E-state index contributed by atoms with van der Waals surface area (Å²) in [4.78, 5) is 26.5. The molecule has 3 atom stereocenters. The molecule has 0 aliphatic carbocycles. The smallest absolute Gasteiger partial charge is 0.255 e. The first kappa shape index (κ1) is 18.5. The van der Waals surface area contributed by atoms with Crippen molar-refractivity contribution >= 4 is 29.4 Å². The zero-order chi connectivity index (χ0) is 20.0. The van der Waals surface area contributed by atoms with Crippen molar-refractivity contribution in [2.24, 2.45) is 9.63 Å². The lowest BCUT2D eigenvalue weighted by molar-refractivity contribution is -0.128. The summed E-state index contributed by atoms with van der Waals surface area (Å²) in [6, 6.07) is 9.98. The summed E-state index contributed by atoms with van der Waals surface area (Å²) >= 11 is 1.39. The quantitative estimate of drug-likeness (QED) is 0.722. The molecule has 1 fully saturated rings. The fourth-order valence-electron chi connectivity index (χ4n) is 4.32. The van der Waals surface area contributed by atoms with E-state index in [4.69, 9.17) is 9.72 Å². The van der Waals surface area contributed by atoms with E-state index < -0.39 is 5.54 Å². The number of nitrogens with zero attached hydrogens (tertiary/aromatic N) is 6. The van der Waals surface area contributed by atoms with Gasteiger partial charge in [0.25, 0.3) is 5.91 Å². The third kappa shape index (κ3) is 2.75. The first-order chi connectivity index (χ1) is 14.2. The van der Waals surface area contributed by atoms with Crippen LogP contribution in [0.2, 0.25) is 0 Å². The highest BCUT2D eigenvalue weighted by molar-refractivity contribution is 7.98. The molecule has 1 amide bonds. The Kier molecular flexibility index (Phi) is 4.51. The van der Waals surface area contributed by atoms with Crippen LogP contribution in [0.15, 0.2) is 46.2 Å². The van der Waals surface area contributed by atoms with Crippen molar-refractivity contribution in [1.29, 1.82) is 0 Å². The second-order valence-corrected chi connectivity index (χ2v) is 8.35. The molecule has 29 heavy (non-hydrogen) atoms. The molecule has 0 radical (unpaired) electrons. The molecule has 3 aliphatic rings. The number of amides is 1. The van der Waals surface area contributed by atoms with Gasteiger partial charge in [-0.3, -0.25) is 4.79 Å². The molecule has 1 aromatic carbocycles. The molecule has 8 nitrogen and oxygen atoms in total. The van der Waals surface area contributed by atoms with E-state index in [9.17, 15) is 4.79 Å². The van der Waals surface area contributed by atoms with Gasteiger partial charge in [-0.15, -0.1) is 4.52 Å². The minimum absolute atomic E-state index is 0.0333. The van der Waals surface area contributed by atoms with Crippen LogP contribution in [0.3, 0.4) is 0 Å². The summed E-state index contributed by atoms with van der Waals surface area (Å²) in [6.07, 6.45) is 2.41. The number of carbonyl (C=O) groups excluding carboxylic acids is 1. The second kappa shape index (κ2) is 7.07. The standard InChI is InChI=1S/C20H22N6O2S/c1-3-20-12-28-10-9-26(20)18-14(25(2)19(20)27)11-21-17(22-18)16-15(23-24-29-16)13-7-5-4-6-8-13/h4-8,11,15-16H,3,9-10,12H2,1-2H3. The van der Waals surface area contributed by atoms with Crippen molar-refractivity contribution in [2.75, 3.05) is 36.6 Å². The Morgan fingerprint density at radius 2 is 2.14 bits per heavy atom. The SMILES string of the molecule is CCC12COCCN1c1nc(C3SN=NC3c3ccccc3)ncc1N(C)C2=O. The van der Waals surface area contributed by atoms with E-state index in [2.05, 4.69) is 31.7 Å². The molecule has 0 spiro atoms. The highest BCUT2D eigenvalue weighted by atomic mass is 32.2. The number of rotatable bonds is 3. The Bertz CT molecular complexity index is 971. The Balaban J connectivity index is 1.57. The molecule has 3 unspecified atom stereocenters. The topological polar surface area (TPSA) is 83.3 Å². The number of fused-ring (bicyclic) bond motifs is 3. The van der Waals surface area contributed by atoms with Gasteiger partial charge in [0.2, 0.25) is 0 Å². The zero-order valence-corrected chi connectivity index (χ0v) is 17.2. The maximum absolute atomic E-state index is 13.2. The highest BCUT2D eigenvalue weighted by Crippen LogP contribution is 2.49. The van der Waals surface area contributed by atoms with Crippen LogP contribution in [0.5, 0.6) is 0 Å². The lowest BCUT2D eigenvalue weighted by atomic mass is 9.89. The fraction of sp³-hybridized carbons (Fsp3) is 0.450. The molecular formula is C20H22N6O2S. The molecule has 1 aromatic heterocycles. The highest BCUT2D eigenvalue weighted by Gasteiger charge is 2.52. The van der Waals surface area contributed by atoms with Gasteiger partial charge in [0, 0.05) is 25.5 Å². The molecule has 4 heterocycles. The van der Waals surface area contributed by atoms with Crippen molar-refractivity contribution in [3.05, 3.63) is 47.9 Å². The lowest BCUT2D eigenvalue weighted by Gasteiger charge is -2.51. The maximum atomic E-state index is 13.2. The van der Waals surface area contributed by atoms with Gasteiger partial charge in [0.1, 0.15) is 28.3 Å². The summed E-state index contributed by atoms with van der Waals surface area (Å²) in [5.41, 5.74) is 1.12. The molecule has 3 aliphatic heterocycles. The van der Waals surface area contributed by atoms with E-state index >= 15 is 0 Å². The molecule has 0 N–H and O–H groups in total. The third-order valence-electron chi connectivity index (χ3n) is 6.00. The number of morpholine rings is 1. The van der Waals surface area contributed by atoms with Gasteiger partial charge in [-0.2, -0.15) is 5.11 Å². The first-order valence-electron chi connectivity index (χ1n) is 9.77. The molecule has 5 rings (SSSR count). The summed E-state index contributed by atoms with van der Waals surface area (Å²) in [5.74, 6) is 1.51. The van der Waals surface area contributed by atoms with Gasteiger partial charge < -0.3 is 14.5 Å². The van der Waals surface area contributed by atoms with Crippen LogP contribution in [0, 0.1) is 0 Å². The van der Waals surface area contributed by atoms with Crippen LogP contribution in [-0.2, 0) is 9.53 Å². The molecule has 1 saturated heterocycles. The van der Waals surface area contributed by atoms with Crippen LogP contribution in [-0.4, -0.2) is 48.2 Å². The predicted molar refractivity (Wildman–Crippen MR) is 111 cm³/mol. The van der Waals surface area contributed by atoms with Crippen molar-refractivity contribution in [1.82, 2.24) is 9.97 Å². The normalized spacial score (nSPS) is 28.4. The maximum Gasteiger partial charge on any atom is 0.255 e. The second-order valence-electron chi connectivity index (χ2n) is 7.47. The van der Waals surface area contributed by atoms with E-state index in [0.717, 1.165) is 17.1 Å². The van der Waals surface area contributed by atoms with Crippen LogP contribution >= 0.6 is 11.9 Å². The van der Waals surface area contributed by atoms with E-state index in [-0.39, 0.29) is 17.2 Å². The van der Waals surface area contributed by atoms with E-state index in [1.54, 1.807) is 18.1 Å².